The van der Waals surface area contributed by atoms with E-state index in [-0.39, 0.29) is 0 Å². The Labute approximate surface area is 106 Å². The van der Waals surface area contributed by atoms with E-state index in [0.29, 0.717) is 11.9 Å². The largest absolute Gasteiger partial charge is 0.423 e. The monoisotopic (exact) mass is 244 g/mol. The van der Waals surface area contributed by atoms with Crippen LogP contribution in [-0.2, 0) is 0 Å². The molecule has 94 valence electrons. The molecule has 1 aromatic heterocycles. The van der Waals surface area contributed by atoms with Gasteiger partial charge in [-0.15, -0.1) is 10.2 Å². The van der Waals surface area contributed by atoms with E-state index >= 15 is 0 Å². The molecular formula is C13H16N4O. The van der Waals surface area contributed by atoms with Gasteiger partial charge < -0.3 is 15.1 Å². The number of aromatic nitrogens is 2. The highest BCUT2D eigenvalue weighted by Crippen LogP contribution is 2.24. The standard InChI is InChI=1S/C13H16N4O/c1-9-2-3-10(13-17-15-8-18-13)6-12(9)16-11-4-5-14-7-11/h2-3,6,8,11,14,16H,4-5,7H2,1H3. The number of nitrogens with zero attached hydrogens (tertiary/aromatic N) is 2. The molecule has 2 heterocycles. The predicted molar refractivity (Wildman–Crippen MR) is 69.4 cm³/mol. The molecule has 1 fully saturated rings. The minimum Gasteiger partial charge on any atom is -0.423 e. The van der Waals surface area contributed by atoms with Gasteiger partial charge in [0.15, 0.2) is 0 Å². The number of nitrogens with one attached hydrogen (secondary N) is 2. The Morgan fingerprint density at radius 3 is 3.11 bits per heavy atom. The summed E-state index contributed by atoms with van der Waals surface area (Å²) in [5.41, 5.74) is 3.32. The molecule has 0 radical (unpaired) electrons. The van der Waals surface area contributed by atoms with Gasteiger partial charge in [0.05, 0.1) is 0 Å². The molecule has 5 heteroatoms. The first-order chi connectivity index (χ1) is 8.83. The highest BCUT2D eigenvalue weighted by Gasteiger charge is 2.15. The van der Waals surface area contributed by atoms with E-state index in [0.717, 1.165) is 30.8 Å². The maximum absolute atomic E-state index is 5.22. The highest BCUT2D eigenvalue weighted by molar-refractivity contribution is 5.64. The van der Waals surface area contributed by atoms with Crippen molar-refractivity contribution in [3.05, 3.63) is 30.2 Å². The Kier molecular flexibility index (Phi) is 2.98. The molecule has 0 amide bonds. The van der Waals surface area contributed by atoms with Crippen molar-refractivity contribution in [3.63, 3.8) is 0 Å². The first-order valence-electron chi connectivity index (χ1n) is 6.17. The number of hydrogen-bond donors (Lipinski definition) is 2. The number of rotatable bonds is 3. The molecule has 1 atom stereocenters. The average Bonchev–Trinajstić information content (AvgIpc) is 3.04. The van der Waals surface area contributed by atoms with Gasteiger partial charge in [0.1, 0.15) is 0 Å². The second kappa shape index (κ2) is 4.78. The molecular weight excluding hydrogens is 228 g/mol. The van der Waals surface area contributed by atoms with E-state index in [1.54, 1.807) is 0 Å². The van der Waals surface area contributed by atoms with Crippen LogP contribution in [0.4, 0.5) is 5.69 Å². The van der Waals surface area contributed by atoms with Crippen LogP contribution in [0.5, 0.6) is 0 Å². The minimum atomic E-state index is 0.502. The number of anilines is 1. The third kappa shape index (κ3) is 2.22. The zero-order valence-corrected chi connectivity index (χ0v) is 10.3. The van der Waals surface area contributed by atoms with Gasteiger partial charge in [-0.25, -0.2) is 0 Å². The third-order valence-electron chi connectivity index (χ3n) is 3.26. The molecule has 3 rings (SSSR count). The molecule has 5 nitrogen and oxygen atoms in total. The Morgan fingerprint density at radius 1 is 1.44 bits per heavy atom. The number of benzene rings is 1. The van der Waals surface area contributed by atoms with Crippen molar-refractivity contribution in [2.24, 2.45) is 0 Å². The fourth-order valence-electron chi connectivity index (χ4n) is 2.21. The van der Waals surface area contributed by atoms with Crippen molar-refractivity contribution >= 4 is 5.69 Å². The Bertz CT molecular complexity index is 518. The summed E-state index contributed by atoms with van der Waals surface area (Å²) in [6.45, 7) is 4.20. The molecule has 1 aliphatic heterocycles. The zero-order valence-electron chi connectivity index (χ0n) is 10.3. The predicted octanol–water partition coefficient (Wildman–Crippen LogP) is 1.82. The van der Waals surface area contributed by atoms with E-state index in [1.165, 1.54) is 12.0 Å². The molecule has 1 unspecified atom stereocenters. The fraction of sp³-hybridized carbons (Fsp3) is 0.385. The van der Waals surface area contributed by atoms with Crippen molar-refractivity contribution in [2.45, 2.75) is 19.4 Å². The van der Waals surface area contributed by atoms with Gasteiger partial charge in [-0.05, 0) is 37.6 Å². The Morgan fingerprint density at radius 2 is 2.39 bits per heavy atom. The van der Waals surface area contributed by atoms with Gasteiger partial charge in [0.25, 0.3) is 0 Å². The lowest BCUT2D eigenvalue weighted by molar-refractivity contribution is 0.568. The van der Waals surface area contributed by atoms with Crippen LogP contribution in [0.15, 0.2) is 29.0 Å². The zero-order chi connectivity index (χ0) is 12.4. The quantitative estimate of drug-likeness (QED) is 0.862. The molecule has 1 aliphatic rings. The van der Waals surface area contributed by atoms with Crippen molar-refractivity contribution in [1.29, 1.82) is 0 Å². The van der Waals surface area contributed by atoms with Crippen LogP contribution < -0.4 is 10.6 Å². The van der Waals surface area contributed by atoms with E-state index in [4.69, 9.17) is 4.42 Å². The normalized spacial score (nSPS) is 19.1. The Balaban J connectivity index is 1.86. The minimum absolute atomic E-state index is 0.502. The van der Waals surface area contributed by atoms with E-state index in [9.17, 15) is 0 Å². The van der Waals surface area contributed by atoms with Crippen LogP contribution in [-0.4, -0.2) is 29.3 Å². The lowest BCUT2D eigenvalue weighted by Crippen LogP contribution is -2.22. The summed E-state index contributed by atoms with van der Waals surface area (Å²) in [6, 6.07) is 6.65. The lowest BCUT2D eigenvalue weighted by Gasteiger charge is -2.15. The van der Waals surface area contributed by atoms with Gasteiger partial charge >= 0.3 is 0 Å². The summed E-state index contributed by atoms with van der Waals surface area (Å²) in [6.07, 6.45) is 2.51. The molecule has 1 saturated heterocycles. The van der Waals surface area contributed by atoms with Gasteiger partial charge in [-0.1, -0.05) is 6.07 Å². The second-order valence-corrected chi connectivity index (χ2v) is 4.61. The van der Waals surface area contributed by atoms with Crippen LogP contribution in [0.1, 0.15) is 12.0 Å². The average molecular weight is 244 g/mol. The van der Waals surface area contributed by atoms with Gasteiger partial charge in [-0.2, -0.15) is 0 Å². The molecule has 2 aromatic rings. The summed E-state index contributed by atoms with van der Waals surface area (Å²) in [7, 11) is 0. The van der Waals surface area contributed by atoms with Crippen molar-refractivity contribution < 1.29 is 4.42 Å². The summed E-state index contributed by atoms with van der Waals surface area (Å²) in [5, 5.41) is 14.5. The molecule has 0 spiro atoms. The maximum Gasteiger partial charge on any atom is 0.247 e. The first-order valence-corrected chi connectivity index (χ1v) is 6.17. The molecule has 1 aromatic carbocycles. The second-order valence-electron chi connectivity index (χ2n) is 4.61. The van der Waals surface area contributed by atoms with Crippen molar-refractivity contribution in [1.82, 2.24) is 15.5 Å². The van der Waals surface area contributed by atoms with Crippen LogP contribution in [0.3, 0.4) is 0 Å². The third-order valence-corrected chi connectivity index (χ3v) is 3.26. The highest BCUT2D eigenvalue weighted by atomic mass is 16.4. The van der Waals surface area contributed by atoms with Crippen LogP contribution >= 0.6 is 0 Å². The summed E-state index contributed by atoms with van der Waals surface area (Å²) in [4.78, 5) is 0. The SMILES string of the molecule is Cc1ccc(-c2nnco2)cc1NC1CCNC1. The topological polar surface area (TPSA) is 63.0 Å². The lowest BCUT2D eigenvalue weighted by atomic mass is 10.1. The van der Waals surface area contributed by atoms with Crippen LogP contribution in [0, 0.1) is 6.92 Å². The van der Waals surface area contributed by atoms with Crippen molar-refractivity contribution in [2.75, 3.05) is 18.4 Å². The fourth-order valence-corrected chi connectivity index (χ4v) is 2.21. The molecule has 0 aliphatic carbocycles. The van der Waals surface area contributed by atoms with Crippen LogP contribution in [0.25, 0.3) is 11.5 Å². The molecule has 0 bridgehead atoms. The smallest absolute Gasteiger partial charge is 0.247 e. The van der Waals surface area contributed by atoms with Gasteiger partial charge in [0, 0.05) is 23.8 Å². The van der Waals surface area contributed by atoms with Gasteiger partial charge in [0.2, 0.25) is 12.3 Å². The Hall–Kier alpha value is -1.88. The van der Waals surface area contributed by atoms with E-state index < -0.39 is 0 Å². The van der Waals surface area contributed by atoms with E-state index in [2.05, 4.69) is 39.9 Å². The first kappa shape index (κ1) is 11.2. The summed E-state index contributed by atoms with van der Waals surface area (Å²) < 4.78 is 5.22. The molecule has 18 heavy (non-hydrogen) atoms. The molecule has 2 N–H and O–H groups in total. The van der Waals surface area contributed by atoms with Gasteiger partial charge in [-0.3, -0.25) is 0 Å². The van der Waals surface area contributed by atoms with E-state index in [1.807, 2.05) is 6.07 Å². The van der Waals surface area contributed by atoms with Crippen LogP contribution in [0.2, 0.25) is 0 Å². The summed E-state index contributed by atoms with van der Waals surface area (Å²) in [5.74, 6) is 0.558. The molecule has 0 saturated carbocycles. The number of aryl methyl sites for hydroxylation is 1. The summed E-state index contributed by atoms with van der Waals surface area (Å²) >= 11 is 0. The number of hydrogen-bond acceptors (Lipinski definition) is 5. The van der Waals surface area contributed by atoms with Crippen molar-refractivity contribution in [3.8, 4) is 11.5 Å². The maximum atomic E-state index is 5.22.